The van der Waals surface area contributed by atoms with E-state index in [1.54, 1.807) is 0 Å². The van der Waals surface area contributed by atoms with Crippen LogP contribution in [0.2, 0.25) is 0 Å². The second kappa shape index (κ2) is 9.13. The highest BCUT2D eigenvalue weighted by atomic mass is 19.1. The van der Waals surface area contributed by atoms with E-state index in [0.717, 1.165) is 31.3 Å². The molecule has 3 aromatic rings. The van der Waals surface area contributed by atoms with Crippen LogP contribution in [-0.2, 0) is 0 Å². The number of benzene rings is 2. The highest BCUT2D eigenvalue weighted by Crippen LogP contribution is 2.34. The molecule has 9 heteroatoms. The molecule has 1 aromatic heterocycles. The summed E-state index contributed by atoms with van der Waals surface area (Å²) < 4.78 is 45.0. The van der Waals surface area contributed by atoms with Crippen LogP contribution in [0.1, 0.15) is 36.2 Å². The number of aryl methyl sites for hydroxylation is 1. The maximum Gasteiger partial charge on any atom is 0.341 e. The standard InChI is InChI=1S/C25H26F3N3O3/c1-4-29-14(3)15-7-8-30(11-15)21-10-20-22(13(2)23(21)28)24(32)17(25(33)34)12-31(20)19-6-5-16(26)9-18(19)27/h5-6,9-10,12,14-15,29H,4,7-8,11H2,1-3H3,(H,33,34)/t14-,15-/m1/s1. The van der Waals surface area contributed by atoms with Crippen molar-refractivity contribution in [2.45, 2.75) is 33.2 Å². The summed E-state index contributed by atoms with van der Waals surface area (Å²) >= 11 is 0. The number of rotatable bonds is 6. The molecule has 1 aliphatic rings. The SMILES string of the molecule is CCN[C@H](C)[C@@H]1CCN(c2cc3c(c(C)c2F)c(=O)c(C(=O)O)cn3-c2ccc(F)cc2F)C1. The van der Waals surface area contributed by atoms with Crippen molar-refractivity contribution < 1.29 is 23.1 Å². The molecule has 0 unspecified atom stereocenters. The van der Waals surface area contributed by atoms with Crippen molar-refractivity contribution in [2.75, 3.05) is 24.5 Å². The Kier molecular flexibility index (Phi) is 6.40. The first-order valence-electron chi connectivity index (χ1n) is 11.2. The van der Waals surface area contributed by atoms with Crippen molar-refractivity contribution in [3.63, 3.8) is 0 Å². The van der Waals surface area contributed by atoms with Gasteiger partial charge in [-0.05, 0) is 50.9 Å². The lowest BCUT2D eigenvalue weighted by molar-refractivity contribution is 0.0695. The molecule has 0 aliphatic carbocycles. The number of nitrogens with zero attached hydrogens (tertiary/aromatic N) is 2. The largest absolute Gasteiger partial charge is 0.477 e. The quantitative estimate of drug-likeness (QED) is 0.560. The summed E-state index contributed by atoms with van der Waals surface area (Å²) in [6.45, 7) is 7.54. The normalized spacial score (nSPS) is 16.9. The summed E-state index contributed by atoms with van der Waals surface area (Å²) in [5, 5.41) is 12.8. The van der Waals surface area contributed by atoms with Crippen LogP contribution < -0.4 is 15.6 Å². The molecular weight excluding hydrogens is 447 g/mol. The number of hydrogen-bond acceptors (Lipinski definition) is 4. The monoisotopic (exact) mass is 473 g/mol. The zero-order chi connectivity index (χ0) is 24.7. The lowest BCUT2D eigenvalue weighted by atomic mass is 10.0. The molecule has 0 amide bonds. The molecular formula is C25H26F3N3O3. The molecule has 0 bridgehead atoms. The van der Waals surface area contributed by atoms with Gasteiger partial charge in [0.1, 0.15) is 23.0 Å². The van der Waals surface area contributed by atoms with E-state index in [1.807, 2.05) is 11.8 Å². The number of aromatic carboxylic acids is 1. The Balaban J connectivity index is 1.95. The second-order valence-electron chi connectivity index (χ2n) is 8.71. The minimum atomic E-state index is -1.52. The number of nitrogens with one attached hydrogen (secondary N) is 1. The Hall–Kier alpha value is -3.33. The molecule has 2 aromatic carbocycles. The molecule has 0 spiro atoms. The Morgan fingerprint density at radius 1 is 1.24 bits per heavy atom. The van der Waals surface area contributed by atoms with Crippen molar-refractivity contribution in [1.82, 2.24) is 9.88 Å². The molecule has 2 N–H and O–H groups in total. The lowest BCUT2D eigenvalue weighted by Gasteiger charge is -2.24. The van der Waals surface area contributed by atoms with Gasteiger partial charge in [-0.2, -0.15) is 0 Å². The van der Waals surface area contributed by atoms with Crippen LogP contribution in [0.25, 0.3) is 16.6 Å². The fourth-order valence-electron chi connectivity index (χ4n) is 4.79. The molecule has 0 saturated carbocycles. The lowest BCUT2D eigenvalue weighted by Crippen LogP contribution is -2.35. The average Bonchev–Trinajstić information content (AvgIpc) is 3.27. The molecule has 180 valence electrons. The molecule has 1 fully saturated rings. The van der Waals surface area contributed by atoms with E-state index < -0.39 is 34.4 Å². The van der Waals surface area contributed by atoms with Gasteiger partial charge in [-0.15, -0.1) is 0 Å². The van der Waals surface area contributed by atoms with Crippen molar-refractivity contribution in [2.24, 2.45) is 5.92 Å². The van der Waals surface area contributed by atoms with Crippen LogP contribution in [-0.4, -0.2) is 41.3 Å². The molecule has 1 saturated heterocycles. The van der Waals surface area contributed by atoms with Gasteiger partial charge in [0, 0.05) is 37.0 Å². The Morgan fingerprint density at radius 3 is 2.62 bits per heavy atom. The summed E-state index contributed by atoms with van der Waals surface area (Å²) in [6.07, 6.45) is 1.85. The van der Waals surface area contributed by atoms with Gasteiger partial charge >= 0.3 is 5.97 Å². The molecule has 2 atom stereocenters. The zero-order valence-corrected chi connectivity index (χ0v) is 19.2. The number of halogens is 3. The van der Waals surface area contributed by atoms with Crippen LogP contribution >= 0.6 is 0 Å². The maximum absolute atomic E-state index is 15.6. The molecule has 2 heterocycles. The Labute approximate surface area is 194 Å². The molecule has 0 radical (unpaired) electrons. The van der Waals surface area contributed by atoms with Crippen molar-refractivity contribution in [3.8, 4) is 5.69 Å². The number of fused-ring (bicyclic) bond motifs is 1. The number of hydrogen-bond donors (Lipinski definition) is 2. The van der Waals surface area contributed by atoms with Crippen LogP contribution in [0.3, 0.4) is 0 Å². The molecule has 34 heavy (non-hydrogen) atoms. The molecule has 6 nitrogen and oxygen atoms in total. The number of aromatic nitrogens is 1. The van der Waals surface area contributed by atoms with Gasteiger partial charge in [0.2, 0.25) is 5.43 Å². The fourth-order valence-corrected chi connectivity index (χ4v) is 4.79. The molecule has 4 rings (SSSR count). The summed E-state index contributed by atoms with van der Waals surface area (Å²) in [4.78, 5) is 26.6. The Morgan fingerprint density at radius 2 is 1.97 bits per heavy atom. The minimum Gasteiger partial charge on any atom is -0.477 e. The highest BCUT2D eigenvalue weighted by Gasteiger charge is 2.30. The van der Waals surface area contributed by atoms with Gasteiger partial charge < -0.3 is 19.9 Å². The predicted octanol–water partition coefficient (Wildman–Crippen LogP) is 4.24. The van der Waals surface area contributed by atoms with Gasteiger partial charge in [-0.1, -0.05) is 6.92 Å². The fraction of sp³-hybridized carbons (Fsp3) is 0.360. The van der Waals surface area contributed by atoms with Crippen molar-refractivity contribution in [1.29, 1.82) is 0 Å². The van der Waals surface area contributed by atoms with Crippen LogP contribution in [0.4, 0.5) is 18.9 Å². The van der Waals surface area contributed by atoms with E-state index in [0.29, 0.717) is 25.1 Å². The smallest absolute Gasteiger partial charge is 0.341 e. The van der Waals surface area contributed by atoms with Gasteiger partial charge in [0.05, 0.1) is 22.3 Å². The van der Waals surface area contributed by atoms with Crippen LogP contribution in [0.15, 0.2) is 35.3 Å². The number of carbonyl (C=O) groups is 1. The third-order valence-corrected chi connectivity index (χ3v) is 6.65. The van der Waals surface area contributed by atoms with E-state index in [1.165, 1.54) is 17.6 Å². The summed E-state index contributed by atoms with van der Waals surface area (Å²) in [7, 11) is 0. The Bertz CT molecular complexity index is 1340. The third-order valence-electron chi connectivity index (χ3n) is 6.65. The maximum atomic E-state index is 15.6. The van der Waals surface area contributed by atoms with Gasteiger partial charge in [0.15, 0.2) is 0 Å². The van der Waals surface area contributed by atoms with Gasteiger partial charge in [-0.25, -0.2) is 18.0 Å². The van der Waals surface area contributed by atoms with Crippen molar-refractivity contribution in [3.05, 3.63) is 69.3 Å². The average molecular weight is 473 g/mol. The zero-order valence-electron chi connectivity index (χ0n) is 19.2. The summed E-state index contributed by atoms with van der Waals surface area (Å²) in [5.74, 6) is -3.58. The number of carboxylic acid groups (broad SMARTS) is 1. The van der Waals surface area contributed by atoms with Gasteiger partial charge in [-0.3, -0.25) is 4.79 Å². The van der Waals surface area contributed by atoms with E-state index in [4.69, 9.17) is 0 Å². The van der Waals surface area contributed by atoms with E-state index in [-0.39, 0.29) is 33.9 Å². The highest BCUT2D eigenvalue weighted by molar-refractivity contribution is 5.95. The first kappa shape index (κ1) is 23.8. The topological polar surface area (TPSA) is 74.6 Å². The second-order valence-corrected chi connectivity index (χ2v) is 8.71. The predicted molar refractivity (Wildman–Crippen MR) is 125 cm³/mol. The third kappa shape index (κ3) is 4.04. The number of carboxylic acids is 1. The van der Waals surface area contributed by atoms with E-state index in [9.17, 15) is 23.5 Å². The van der Waals surface area contributed by atoms with E-state index in [2.05, 4.69) is 12.2 Å². The number of anilines is 1. The number of pyridine rings is 1. The first-order valence-corrected chi connectivity index (χ1v) is 11.2. The first-order chi connectivity index (χ1) is 16.1. The van der Waals surface area contributed by atoms with Gasteiger partial charge in [0.25, 0.3) is 0 Å². The van der Waals surface area contributed by atoms with E-state index >= 15 is 4.39 Å². The van der Waals surface area contributed by atoms with Crippen LogP contribution in [0, 0.1) is 30.3 Å². The van der Waals surface area contributed by atoms with Crippen molar-refractivity contribution >= 4 is 22.6 Å². The van der Waals surface area contributed by atoms with Crippen LogP contribution in [0.5, 0.6) is 0 Å². The molecule has 1 aliphatic heterocycles. The minimum absolute atomic E-state index is 0.0138. The summed E-state index contributed by atoms with van der Waals surface area (Å²) in [6, 6.07) is 4.55. The summed E-state index contributed by atoms with van der Waals surface area (Å²) in [5.41, 5.74) is -1.24.